The Labute approximate surface area is 87.9 Å². The van der Waals surface area contributed by atoms with Gasteiger partial charge < -0.3 is 10.5 Å². The second-order valence-electron chi connectivity index (χ2n) is 3.54. The summed E-state index contributed by atoms with van der Waals surface area (Å²) >= 11 is 1.59. The topological polar surface area (TPSA) is 71.2 Å². The zero-order valence-corrected chi connectivity index (χ0v) is 9.14. The van der Waals surface area contributed by atoms with Gasteiger partial charge in [-0.25, -0.2) is 10.8 Å². The number of nitrogens with zero attached hydrogens (tertiary/aromatic N) is 1. The lowest BCUT2D eigenvalue weighted by molar-refractivity contribution is 0.265. The van der Waals surface area contributed by atoms with E-state index in [1.54, 1.807) is 18.0 Å². The fourth-order valence-electron chi connectivity index (χ4n) is 0.905. The van der Waals surface area contributed by atoms with E-state index in [9.17, 15) is 0 Å². The molecule has 0 fully saturated rings. The van der Waals surface area contributed by atoms with E-state index in [-0.39, 0.29) is 11.4 Å². The number of nitrogens with two attached hydrogens (primary N) is 1. The van der Waals surface area contributed by atoms with Crippen molar-refractivity contribution in [2.24, 2.45) is 5.84 Å². The SMILES string of the molecule is CC(C)(CO)Sc1ccnc(NN)c1. The van der Waals surface area contributed by atoms with Crippen LogP contribution in [0, 0.1) is 0 Å². The zero-order chi connectivity index (χ0) is 10.6. The summed E-state index contributed by atoms with van der Waals surface area (Å²) in [5.74, 6) is 5.87. The van der Waals surface area contributed by atoms with E-state index in [1.165, 1.54) is 0 Å². The molecule has 4 N–H and O–H groups in total. The van der Waals surface area contributed by atoms with Gasteiger partial charge in [0.1, 0.15) is 5.82 Å². The average Bonchev–Trinajstić information content (AvgIpc) is 2.17. The van der Waals surface area contributed by atoms with Crippen LogP contribution in [0.2, 0.25) is 0 Å². The number of thioether (sulfide) groups is 1. The minimum absolute atomic E-state index is 0.130. The van der Waals surface area contributed by atoms with E-state index in [2.05, 4.69) is 10.4 Å². The first kappa shape index (κ1) is 11.3. The third-order valence-electron chi connectivity index (χ3n) is 1.65. The molecule has 0 radical (unpaired) electrons. The van der Waals surface area contributed by atoms with Crippen molar-refractivity contribution in [1.82, 2.24) is 4.98 Å². The summed E-state index contributed by atoms with van der Waals surface area (Å²) in [6.07, 6.45) is 1.69. The minimum atomic E-state index is -0.187. The maximum Gasteiger partial charge on any atom is 0.140 e. The first-order valence-electron chi connectivity index (χ1n) is 4.30. The molecule has 0 unspecified atom stereocenters. The summed E-state index contributed by atoms with van der Waals surface area (Å²) in [5, 5.41) is 9.11. The van der Waals surface area contributed by atoms with E-state index >= 15 is 0 Å². The summed E-state index contributed by atoms with van der Waals surface area (Å²) in [5.41, 5.74) is 2.48. The zero-order valence-electron chi connectivity index (χ0n) is 8.32. The van der Waals surface area contributed by atoms with Gasteiger partial charge in [0.25, 0.3) is 0 Å². The van der Waals surface area contributed by atoms with Crippen molar-refractivity contribution in [3.8, 4) is 0 Å². The number of aromatic nitrogens is 1. The Kier molecular flexibility index (Phi) is 3.74. The standard InChI is InChI=1S/C9H15N3OS/c1-9(2,6-13)14-7-3-4-11-8(5-7)12-10/h3-5,13H,6,10H2,1-2H3,(H,11,12). The summed E-state index contributed by atoms with van der Waals surface area (Å²) in [4.78, 5) is 5.04. The molecule has 78 valence electrons. The molecule has 14 heavy (non-hydrogen) atoms. The third-order valence-corrected chi connectivity index (χ3v) is 2.83. The molecular formula is C9H15N3OS. The van der Waals surface area contributed by atoms with Crippen molar-refractivity contribution in [2.75, 3.05) is 12.0 Å². The smallest absolute Gasteiger partial charge is 0.140 e. The molecule has 0 aromatic carbocycles. The van der Waals surface area contributed by atoms with E-state index in [0.717, 1.165) is 4.90 Å². The van der Waals surface area contributed by atoms with Crippen LogP contribution in [0.15, 0.2) is 23.2 Å². The van der Waals surface area contributed by atoms with Crippen molar-refractivity contribution >= 4 is 17.6 Å². The lowest BCUT2D eigenvalue weighted by Crippen LogP contribution is -2.19. The van der Waals surface area contributed by atoms with Gasteiger partial charge in [0.15, 0.2) is 0 Å². The number of aliphatic hydroxyl groups excluding tert-OH is 1. The predicted molar refractivity (Wildman–Crippen MR) is 59.1 cm³/mol. The van der Waals surface area contributed by atoms with Crippen LogP contribution in [-0.4, -0.2) is 21.4 Å². The quantitative estimate of drug-likeness (QED) is 0.398. The second kappa shape index (κ2) is 4.63. The molecule has 1 rings (SSSR count). The van der Waals surface area contributed by atoms with E-state index in [4.69, 9.17) is 10.9 Å². The number of nitrogen functional groups attached to an aromatic ring is 1. The number of hydrazine groups is 1. The molecule has 0 spiro atoms. The van der Waals surface area contributed by atoms with Gasteiger partial charge in [-0.05, 0) is 26.0 Å². The molecule has 0 bridgehead atoms. The molecule has 1 aromatic rings. The predicted octanol–water partition coefficient (Wildman–Crippen LogP) is 1.23. The van der Waals surface area contributed by atoms with Gasteiger partial charge >= 0.3 is 0 Å². The Morgan fingerprint density at radius 1 is 1.64 bits per heavy atom. The Balaban J connectivity index is 2.76. The maximum absolute atomic E-state index is 9.11. The monoisotopic (exact) mass is 213 g/mol. The van der Waals surface area contributed by atoms with Crippen LogP contribution in [-0.2, 0) is 0 Å². The molecule has 1 heterocycles. The van der Waals surface area contributed by atoms with Crippen molar-refractivity contribution < 1.29 is 5.11 Å². The largest absolute Gasteiger partial charge is 0.395 e. The fraction of sp³-hybridized carbons (Fsp3) is 0.444. The molecule has 0 aliphatic rings. The van der Waals surface area contributed by atoms with Crippen molar-refractivity contribution in [1.29, 1.82) is 0 Å². The normalized spacial score (nSPS) is 11.4. The van der Waals surface area contributed by atoms with Crippen molar-refractivity contribution in [3.63, 3.8) is 0 Å². The van der Waals surface area contributed by atoms with Crippen LogP contribution < -0.4 is 11.3 Å². The average molecular weight is 213 g/mol. The lowest BCUT2D eigenvalue weighted by atomic mass is 10.2. The number of aliphatic hydroxyl groups is 1. The van der Waals surface area contributed by atoms with Crippen molar-refractivity contribution in [2.45, 2.75) is 23.5 Å². The molecule has 0 saturated heterocycles. The number of pyridine rings is 1. The highest BCUT2D eigenvalue weighted by molar-refractivity contribution is 8.00. The van der Waals surface area contributed by atoms with Gasteiger partial charge in [0.2, 0.25) is 0 Å². The number of rotatable bonds is 4. The molecule has 0 saturated carbocycles. The van der Waals surface area contributed by atoms with Gasteiger partial charge in [-0.2, -0.15) is 0 Å². The molecule has 0 atom stereocenters. The molecule has 1 aromatic heterocycles. The number of nitrogens with one attached hydrogen (secondary N) is 1. The Bertz CT molecular complexity index is 304. The summed E-state index contributed by atoms with van der Waals surface area (Å²) in [6.45, 7) is 4.09. The highest BCUT2D eigenvalue weighted by Gasteiger charge is 2.18. The molecule has 4 nitrogen and oxygen atoms in total. The van der Waals surface area contributed by atoms with Crippen LogP contribution in [0.1, 0.15) is 13.8 Å². The number of hydrogen-bond acceptors (Lipinski definition) is 5. The van der Waals surface area contributed by atoms with Gasteiger partial charge in [-0.1, -0.05) is 0 Å². The molecular weight excluding hydrogens is 198 g/mol. The first-order chi connectivity index (χ1) is 6.57. The van der Waals surface area contributed by atoms with Gasteiger partial charge in [-0.15, -0.1) is 11.8 Å². The van der Waals surface area contributed by atoms with Crippen LogP contribution in [0.25, 0.3) is 0 Å². The first-order valence-corrected chi connectivity index (χ1v) is 5.11. The molecule has 0 aliphatic heterocycles. The molecule has 5 heteroatoms. The lowest BCUT2D eigenvalue weighted by Gasteiger charge is -2.20. The Morgan fingerprint density at radius 3 is 2.93 bits per heavy atom. The highest BCUT2D eigenvalue weighted by atomic mass is 32.2. The van der Waals surface area contributed by atoms with Crippen LogP contribution >= 0.6 is 11.8 Å². The van der Waals surface area contributed by atoms with E-state index < -0.39 is 0 Å². The van der Waals surface area contributed by atoms with Gasteiger partial charge in [-0.3, -0.25) is 0 Å². The van der Waals surface area contributed by atoms with E-state index in [1.807, 2.05) is 26.0 Å². The van der Waals surface area contributed by atoms with Crippen molar-refractivity contribution in [3.05, 3.63) is 18.3 Å². The number of anilines is 1. The molecule has 0 amide bonds. The van der Waals surface area contributed by atoms with Crippen LogP contribution in [0.3, 0.4) is 0 Å². The summed E-state index contributed by atoms with van der Waals surface area (Å²) < 4.78 is -0.187. The van der Waals surface area contributed by atoms with Crippen LogP contribution in [0.4, 0.5) is 5.82 Å². The second-order valence-corrected chi connectivity index (χ2v) is 5.32. The fourth-order valence-corrected chi connectivity index (χ4v) is 1.91. The Morgan fingerprint density at radius 2 is 2.36 bits per heavy atom. The van der Waals surface area contributed by atoms with Gasteiger partial charge in [0, 0.05) is 15.8 Å². The number of hydrogen-bond donors (Lipinski definition) is 3. The minimum Gasteiger partial charge on any atom is -0.395 e. The summed E-state index contributed by atoms with van der Waals surface area (Å²) in [7, 11) is 0. The maximum atomic E-state index is 9.11. The summed E-state index contributed by atoms with van der Waals surface area (Å²) in [6, 6.07) is 3.74. The molecule has 0 aliphatic carbocycles. The Hall–Kier alpha value is -0.780. The van der Waals surface area contributed by atoms with Crippen LogP contribution in [0.5, 0.6) is 0 Å². The third kappa shape index (κ3) is 3.17. The van der Waals surface area contributed by atoms with Gasteiger partial charge in [0.05, 0.1) is 6.61 Å². The van der Waals surface area contributed by atoms with E-state index in [0.29, 0.717) is 5.82 Å². The highest BCUT2D eigenvalue weighted by Crippen LogP contribution is 2.32.